The van der Waals surface area contributed by atoms with Gasteiger partial charge in [-0.3, -0.25) is 9.59 Å². The third-order valence-electron chi connectivity index (χ3n) is 2.68. The Labute approximate surface area is 127 Å². The van der Waals surface area contributed by atoms with Crippen molar-refractivity contribution in [2.24, 2.45) is 0 Å². The van der Waals surface area contributed by atoms with E-state index in [0.29, 0.717) is 18.7 Å². The molecule has 0 heterocycles. The Hall–Kier alpha value is -2.02. The molecule has 0 aromatic heterocycles. The number of rotatable bonds is 10. The zero-order valence-corrected chi connectivity index (χ0v) is 12.3. The third-order valence-corrected chi connectivity index (χ3v) is 3.67. The summed E-state index contributed by atoms with van der Waals surface area (Å²) >= 11 is 1.34. The monoisotopic (exact) mass is 310 g/mol. The van der Waals surface area contributed by atoms with Gasteiger partial charge in [-0.05, 0) is 17.7 Å². The van der Waals surface area contributed by atoms with Crippen molar-refractivity contribution < 1.29 is 19.5 Å². The summed E-state index contributed by atoms with van der Waals surface area (Å²) in [6, 6.07) is 8.67. The molecule has 0 saturated carbocycles. The number of benzene rings is 1. The molecule has 3 N–H and O–H groups in total. The zero-order valence-electron chi connectivity index (χ0n) is 11.5. The molecule has 0 bridgehead atoms. The Balaban J connectivity index is 2.15. The molecule has 0 aliphatic heterocycles. The van der Waals surface area contributed by atoms with E-state index in [0.717, 1.165) is 5.56 Å². The van der Waals surface area contributed by atoms with Crippen molar-refractivity contribution in [1.82, 2.24) is 10.6 Å². The SMILES string of the molecule is O=CNC(CCSCC(=O)NCc1ccccc1)C(=O)O. The molecular formula is C14H18N2O4S. The number of carboxylic acid groups (broad SMARTS) is 1. The predicted molar refractivity (Wildman–Crippen MR) is 80.9 cm³/mol. The van der Waals surface area contributed by atoms with E-state index in [1.54, 1.807) is 0 Å². The minimum absolute atomic E-state index is 0.0981. The summed E-state index contributed by atoms with van der Waals surface area (Å²) in [5, 5.41) is 13.8. The Kier molecular flexibility index (Phi) is 7.96. The van der Waals surface area contributed by atoms with Gasteiger partial charge < -0.3 is 15.7 Å². The summed E-state index contributed by atoms with van der Waals surface area (Å²) in [5.74, 6) is -0.424. The second-order valence-corrected chi connectivity index (χ2v) is 5.38. The number of carbonyl (C=O) groups is 3. The third kappa shape index (κ3) is 7.36. The van der Waals surface area contributed by atoms with Crippen LogP contribution >= 0.6 is 11.8 Å². The maximum absolute atomic E-state index is 11.6. The fourth-order valence-electron chi connectivity index (χ4n) is 1.57. The lowest BCUT2D eigenvalue weighted by atomic mass is 10.2. The molecule has 1 aromatic carbocycles. The average Bonchev–Trinajstić information content (AvgIpc) is 2.49. The van der Waals surface area contributed by atoms with Crippen molar-refractivity contribution in [3.8, 4) is 0 Å². The van der Waals surface area contributed by atoms with Crippen molar-refractivity contribution in [2.75, 3.05) is 11.5 Å². The van der Waals surface area contributed by atoms with Gasteiger partial charge in [0.2, 0.25) is 12.3 Å². The highest BCUT2D eigenvalue weighted by atomic mass is 32.2. The first kappa shape index (κ1) is 17.0. The van der Waals surface area contributed by atoms with Crippen LogP contribution in [-0.4, -0.2) is 40.9 Å². The second-order valence-electron chi connectivity index (χ2n) is 4.28. The van der Waals surface area contributed by atoms with Gasteiger partial charge in [-0.2, -0.15) is 11.8 Å². The van der Waals surface area contributed by atoms with Crippen LogP contribution in [-0.2, 0) is 20.9 Å². The molecule has 1 aromatic rings. The van der Waals surface area contributed by atoms with Crippen molar-refractivity contribution in [3.05, 3.63) is 35.9 Å². The number of hydrogen-bond donors (Lipinski definition) is 3. The lowest BCUT2D eigenvalue weighted by Gasteiger charge is -2.10. The molecular weight excluding hydrogens is 292 g/mol. The number of hydrogen-bond acceptors (Lipinski definition) is 4. The van der Waals surface area contributed by atoms with Crippen LogP contribution in [0.15, 0.2) is 30.3 Å². The predicted octanol–water partition coefficient (Wildman–Crippen LogP) is 0.625. The zero-order chi connectivity index (χ0) is 15.5. The van der Waals surface area contributed by atoms with Crippen LogP contribution in [0.25, 0.3) is 0 Å². The highest BCUT2D eigenvalue weighted by Crippen LogP contribution is 2.05. The van der Waals surface area contributed by atoms with Crippen LogP contribution in [0, 0.1) is 0 Å². The van der Waals surface area contributed by atoms with Crippen LogP contribution in [0.3, 0.4) is 0 Å². The number of thioether (sulfide) groups is 1. The molecule has 114 valence electrons. The maximum Gasteiger partial charge on any atom is 0.326 e. The van der Waals surface area contributed by atoms with Crippen LogP contribution in [0.1, 0.15) is 12.0 Å². The van der Waals surface area contributed by atoms with Gasteiger partial charge in [0.1, 0.15) is 6.04 Å². The standard InChI is InChI=1S/C14H18N2O4S/c17-10-16-12(14(19)20)6-7-21-9-13(18)15-8-11-4-2-1-3-5-11/h1-5,10,12H,6-9H2,(H,15,18)(H,16,17)(H,19,20). The first-order valence-corrected chi connectivity index (χ1v) is 7.60. The molecule has 0 radical (unpaired) electrons. The second kappa shape index (κ2) is 9.82. The van der Waals surface area contributed by atoms with Gasteiger partial charge in [0.05, 0.1) is 5.75 Å². The fraction of sp³-hybridized carbons (Fsp3) is 0.357. The quantitative estimate of drug-likeness (QED) is 0.435. The minimum Gasteiger partial charge on any atom is -0.480 e. The van der Waals surface area contributed by atoms with E-state index in [9.17, 15) is 14.4 Å². The van der Waals surface area contributed by atoms with Gasteiger partial charge >= 0.3 is 5.97 Å². The maximum atomic E-state index is 11.6. The van der Waals surface area contributed by atoms with Crippen molar-refractivity contribution in [2.45, 2.75) is 19.0 Å². The molecule has 1 rings (SSSR count). The van der Waals surface area contributed by atoms with E-state index >= 15 is 0 Å². The molecule has 0 spiro atoms. The summed E-state index contributed by atoms with van der Waals surface area (Å²) in [6.07, 6.45) is 0.653. The van der Waals surface area contributed by atoms with Gasteiger partial charge in [-0.15, -0.1) is 0 Å². The van der Waals surface area contributed by atoms with Crippen molar-refractivity contribution in [3.63, 3.8) is 0 Å². The topological polar surface area (TPSA) is 95.5 Å². The summed E-state index contributed by atoms with van der Waals surface area (Å²) in [7, 11) is 0. The van der Waals surface area contributed by atoms with E-state index in [-0.39, 0.29) is 18.1 Å². The van der Waals surface area contributed by atoms with Gasteiger partial charge in [0, 0.05) is 6.54 Å². The summed E-state index contributed by atoms with van der Waals surface area (Å²) in [6.45, 7) is 0.477. The Morgan fingerprint density at radius 2 is 2.00 bits per heavy atom. The number of carboxylic acids is 1. The first-order valence-electron chi connectivity index (χ1n) is 6.44. The van der Waals surface area contributed by atoms with Gasteiger partial charge in [-0.1, -0.05) is 30.3 Å². The normalized spacial score (nSPS) is 11.4. The van der Waals surface area contributed by atoms with Crippen LogP contribution in [0.2, 0.25) is 0 Å². The molecule has 2 amide bonds. The minimum atomic E-state index is -1.07. The summed E-state index contributed by atoms with van der Waals surface area (Å²) in [5.41, 5.74) is 1.02. The van der Waals surface area contributed by atoms with Crippen molar-refractivity contribution in [1.29, 1.82) is 0 Å². The Morgan fingerprint density at radius 3 is 2.62 bits per heavy atom. The van der Waals surface area contributed by atoms with Crippen molar-refractivity contribution >= 4 is 30.0 Å². The van der Waals surface area contributed by atoms with E-state index in [1.807, 2.05) is 30.3 Å². The summed E-state index contributed by atoms with van der Waals surface area (Å²) in [4.78, 5) is 32.6. The molecule has 0 saturated heterocycles. The molecule has 1 atom stereocenters. The van der Waals surface area contributed by atoms with Crippen LogP contribution in [0.5, 0.6) is 0 Å². The first-order chi connectivity index (χ1) is 10.1. The largest absolute Gasteiger partial charge is 0.480 e. The number of carbonyl (C=O) groups excluding carboxylic acids is 2. The highest BCUT2D eigenvalue weighted by Gasteiger charge is 2.15. The van der Waals surface area contributed by atoms with E-state index in [4.69, 9.17) is 5.11 Å². The van der Waals surface area contributed by atoms with E-state index in [1.165, 1.54) is 11.8 Å². The van der Waals surface area contributed by atoms with Gasteiger partial charge in [0.15, 0.2) is 0 Å². The summed E-state index contributed by atoms with van der Waals surface area (Å²) < 4.78 is 0. The van der Waals surface area contributed by atoms with E-state index in [2.05, 4.69) is 10.6 Å². The fourth-order valence-corrected chi connectivity index (χ4v) is 2.41. The smallest absolute Gasteiger partial charge is 0.326 e. The molecule has 0 aliphatic rings. The molecule has 7 heteroatoms. The number of nitrogens with one attached hydrogen (secondary N) is 2. The van der Waals surface area contributed by atoms with E-state index < -0.39 is 12.0 Å². The molecule has 21 heavy (non-hydrogen) atoms. The van der Waals surface area contributed by atoms with Gasteiger partial charge in [0.25, 0.3) is 0 Å². The average molecular weight is 310 g/mol. The Morgan fingerprint density at radius 1 is 1.29 bits per heavy atom. The molecule has 6 nitrogen and oxygen atoms in total. The van der Waals surface area contributed by atoms with Crippen LogP contribution < -0.4 is 10.6 Å². The highest BCUT2D eigenvalue weighted by molar-refractivity contribution is 7.99. The molecule has 0 aliphatic carbocycles. The molecule has 0 fully saturated rings. The lowest BCUT2D eigenvalue weighted by molar-refractivity contribution is -0.140. The molecule has 1 unspecified atom stereocenters. The Bertz CT molecular complexity index is 467. The number of amides is 2. The lowest BCUT2D eigenvalue weighted by Crippen LogP contribution is -2.36. The van der Waals surface area contributed by atoms with Gasteiger partial charge in [-0.25, -0.2) is 4.79 Å². The number of aliphatic carboxylic acids is 1. The van der Waals surface area contributed by atoms with Crippen LogP contribution in [0.4, 0.5) is 0 Å².